The lowest BCUT2D eigenvalue weighted by atomic mass is 10.2. The van der Waals surface area contributed by atoms with Gasteiger partial charge in [-0.25, -0.2) is 9.19 Å². The quantitative estimate of drug-likeness (QED) is 0.776. The largest absolute Gasteiger partial charge is 0.496 e. The van der Waals surface area contributed by atoms with Crippen molar-refractivity contribution in [3.63, 3.8) is 0 Å². The van der Waals surface area contributed by atoms with E-state index in [9.17, 15) is 4.21 Å². The molecule has 24 heavy (non-hydrogen) atoms. The third-order valence-corrected chi connectivity index (χ3v) is 3.96. The first-order valence-electron chi connectivity index (χ1n) is 7.07. The van der Waals surface area contributed by atoms with E-state index in [1.807, 2.05) is 6.92 Å². The number of ether oxygens (including phenoxy) is 2. The molecule has 1 unspecified atom stereocenters. The zero-order chi connectivity index (χ0) is 17.7. The van der Waals surface area contributed by atoms with E-state index in [0.717, 1.165) is 5.56 Å². The van der Waals surface area contributed by atoms with E-state index < -0.39 is 11.1 Å². The van der Waals surface area contributed by atoms with E-state index in [1.165, 1.54) is 7.11 Å². The minimum atomic E-state index is -1.68. The van der Waals surface area contributed by atoms with Gasteiger partial charge < -0.3 is 24.7 Å². The van der Waals surface area contributed by atoms with Gasteiger partial charge in [-0.3, -0.25) is 0 Å². The molecule has 2 aromatic rings. The number of rotatable bonds is 7. The van der Waals surface area contributed by atoms with Crippen molar-refractivity contribution in [1.29, 1.82) is 0 Å². The molecule has 0 aromatic carbocycles. The summed E-state index contributed by atoms with van der Waals surface area (Å²) in [5.74, 6) is 1.67. The molecule has 1 atom stereocenters. The molecule has 0 spiro atoms. The Kier molecular flexibility index (Phi) is 5.80. The average Bonchev–Trinajstić information content (AvgIpc) is 2.57. The number of methoxy groups -OCH3 is 2. The van der Waals surface area contributed by atoms with Crippen molar-refractivity contribution in [2.24, 2.45) is 0 Å². The molecule has 2 aromatic heterocycles. The van der Waals surface area contributed by atoms with E-state index in [4.69, 9.17) is 19.4 Å². The van der Waals surface area contributed by atoms with Crippen molar-refractivity contribution in [3.8, 4) is 17.5 Å². The van der Waals surface area contributed by atoms with Crippen molar-refractivity contribution in [3.05, 3.63) is 29.5 Å². The average molecular weight is 352 g/mol. The number of anilines is 2. The maximum atomic E-state index is 12.1. The van der Waals surface area contributed by atoms with Crippen LogP contribution in [0.4, 0.5) is 11.5 Å². The summed E-state index contributed by atoms with van der Waals surface area (Å²) in [5.41, 5.74) is 7.79. The predicted molar refractivity (Wildman–Crippen MR) is 92.7 cm³/mol. The van der Waals surface area contributed by atoms with Gasteiger partial charge in [-0.1, -0.05) is 0 Å². The van der Waals surface area contributed by atoms with Crippen LogP contribution in [-0.2, 0) is 11.1 Å². The summed E-state index contributed by atoms with van der Waals surface area (Å²) in [6.45, 7) is 3.67. The summed E-state index contributed by atoms with van der Waals surface area (Å²) in [6.07, 6.45) is 1.60. The van der Waals surface area contributed by atoms with Crippen LogP contribution in [0.5, 0.6) is 17.5 Å². The van der Waals surface area contributed by atoms with Crippen molar-refractivity contribution in [2.45, 2.75) is 13.8 Å². The summed E-state index contributed by atoms with van der Waals surface area (Å²) < 4.78 is 27.8. The normalized spacial score (nSPS) is 11.7. The van der Waals surface area contributed by atoms with E-state index in [-0.39, 0.29) is 11.8 Å². The Hall–Kier alpha value is -2.55. The second-order valence-electron chi connectivity index (χ2n) is 4.90. The number of nitrogens with zero attached hydrogens (tertiary/aromatic N) is 2. The Balaban J connectivity index is 2.04. The van der Waals surface area contributed by atoms with Crippen LogP contribution in [0.25, 0.3) is 0 Å². The SMILES string of the molecule is COc1ccc(N)c(NCS(=O)Oc2ncc(C)c(OC)c2C)n1. The summed E-state index contributed by atoms with van der Waals surface area (Å²) in [6, 6.07) is 3.29. The molecule has 2 rings (SSSR count). The van der Waals surface area contributed by atoms with Gasteiger partial charge >= 0.3 is 0 Å². The van der Waals surface area contributed by atoms with Crippen LogP contribution in [0.3, 0.4) is 0 Å². The number of nitrogens with one attached hydrogen (secondary N) is 1. The van der Waals surface area contributed by atoms with Crippen molar-refractivity contribution in [2.75, 3.05) is 31.1 Å². The number of hydrogen-bond acceptors (Lipinski definition) is 8. The molecule has 0 saturated heterocycles. The van der Waals surface area contributed by atoms with Gasteiger partial charge in [0.2, 0.25) is 22.8 Å². The number of aryl methyl sites for hydroxylation is 1. The van der Waals surface area contributed by atoms with Crippen molar-refractivity contribution in [1.82, 2.24) is 9.97 Å². The molecule has 9 heteroatoms. The fourth-order valence-electron chi connectivity index (χ4n) is 2.05. The first kappa shape index (κ1) is 17.8. The lowest BCUT2D eigenvalue weighted by Crippen LogP contribution is -2.16. The molecule has 130 valence electrons. The van der Waals surface area contributed by atoms with Crippen LogP contribution in [0, 0.1) is 13.8 Å². The number of hydrogen-bond donors (Lipinski definition) is 2. The Bertz CT molecular complexity index is 754. The van der Waals surface area contributed by atoms with Crippen LogP contribution in [0.1, 0.15) is 11.1 Å². The third-order valence-electron chi connectivity index (χ3n) is 3.24. The van der Waals surface area contributed by atoms with Crippen LogP contribution in [0.15, 0.2) is 18.3 Å². The van der Waals surface area contributed by atoms with Gasteiger partial charge in [0, 0.05) is 17.8 Å². The fraction of sp³-hybridized carbons (Fsp3) is 0.333. The molecule has 3 N–H and O–H groups in total. The van der Waals surface area contributed by atoms with Gasteiger partial charge in [-0.2, -0.15) is 4.98 Å². The second kappa shape index (κ2) is 7.82. The molecule has 0 radical (unpaired) electrons. The monoisotopic (exact) mass is 352 g/mol. The minimum absolute atomic E-state index is 0.0122. The maximum absolute atomic E-state index is 12.1. The lowest BCUT2D eigenvalue weighted by Gasteiger charge is -2.13. The number of pyridine rings is 2. The molecule has 8 nitrogen and oxygen atoms in total. The number of aromatic nitrogens is 2. The highest BCUT2D eigenvalue weighted by Gasteiger charge is 2.14. The summed E-state index contributed by atoms with van der Waals surface area (Å²) >= 11 is -1.68. The van der Waals surface area contributed by atoms with E-state index in [1.54, 1.807) is 32.4 Å². The van der Waals surface area contributed by atoms with Crippen LogP contribution < -0.4 is 24.7 Å². The van der Waals surface area contributed by atoms with Gasteiger partial charge in [-0.15, -0.1) is 0 Å². The molecule has 0 bridgehead atoms. The summed E-state index contributed by atoms with van der Waals surface area (Å²) in [5, 5.41) is 2.87. The molecule has 0 saturated carbocycles. The maximum Gasteiger partial charge on any atom is 0.237 e. The van der Waals surface area contributed by atoms with E-state index in [0.29, 0.717) is 28.7 Å². The number of nitrogen functional groups attached to an aromatic ring is 1. The first-order valence-corrected chi connectivity index (χ1v) is 8.32. The van der Waals surface area contributed by atoms with Gasteiger partial charge in [0.15, 0.2) is 5.82 Å². The van der Waals surface area contributed by atoms with E-state index >= 15 is 0 Å². The standard InChI is InChI=1S/C15H20N4O4S/c1-9-7-17-15(10(2)13(9)22-4)23-24(20)8-18-14-11(16)5-6-12(19-14)21-3/h5-7H,8,16H2,1-4H3,(H,18,19). The molecule has 0 amide bonds. The zero-order valence-corrected chi connectivity index (χ0v) is 14.8. The third kappa shape index (κ3) is 4.05. The highest BCUT2D eigenvalue weighted by molar-refractivity contribution is 7.80. The lowest BCUT2D eigenvalue weighted by molar-refractivity contribution is 0.398. The first-order chi connectivity index (χ1) is 11.5. The predicted octanol–water partition coefficient (Wildman–Crippen LogP) is 1.80. The molecule has 0 aliphatic heterocycles. The summed E-state index contributed by atoms with van der Waals surface area (Å²) in [4.78, 5) is 8.29. The molecular formula is C15H20N4O4S. The van der Waals surface area contributed by atoms with Crippen LogP contribution in [-0.4, -0.2) is 34.3 Å². The summed E-state index contributed by atoms with van der Waals surface area (Å²) in [7, 11) is 3.07. The molecule has 2 heterocycles. The zero-order valence-electron chi connectivity index (χ0n) is 14.0. The Morgan fingerprint density at radius 1 is 1.25 bits per heavy atom. The Morgan fingerprint density at radius 2 is 2.00 bits per heavy atom. The molecular weight excluding hydrogens is 332 g/mol. The smallest absolute Gasteiger partial charge is 0.237 e. The van der Waals surface area contributed by atoms with Gasteiger partial charge in [0.25, 0.3) is 0 Å². The van der Waals surface area contributed by atoms with Gasteiger partial charge in [0.05, 0.1) is 25.5 Å². The molecule has 0 aliphatic rings. The van der Waals surface area contributed by atoms with Crippen molar-refractivity contribution < 1.29 is 17.9 Å². The molecule has 0 aliphatic carbocycles. The molecule has 0 fully saturated rings. The van der Waals surface area contributed by atoms with Crippen LogP contribution >= 0.6 is 0 Å². The second-order valence-corrected chi connectivity index (χ2v) is 5.97. The Labute approximate surface area is 143 Å². The van der Waals surface area contributed by atoms with Crippen molar-refractivity contribution >= 4 is 22.6 Å². The minimum Gasteiger partial charge on any atom is -0.496 e. The topological polar surface area (TPSA) is 109 Å². The fourth-order valence-corrected chi connectivity index (χ4v) is 2.71. The highest BCUT2D eigenvalue weighted by atomic mass is 32.2. The van der Waals surface area contributed by atoms with Gasteiger partial charge in [-0.05, 0) is 19.9 Å². The Morgan fingerprint density at radius 3 is 2.67 bits per heavy atom. The van der Waals surface area contributed by atoms with E-state index in [2.05, 4.69) is 15.3 Å². The number of nitrogens with two attached hydrogens (primary N) is 1. The van der Waals surface area contributed by atoms with Gasteiger partial charge in [0.1, 0.15) is 11.6 Å². The highest BCUT2D eigenvalue weighted by Crippen LogP contribution is 2.29. The van der Waals surface area contributed by atoms with Crippen LogP contribution in [0.2, 0.25) is 0 Å².